The zero-order valence-corrected chi connectivity index (χ0v) is 29.5. The number of hydrogen-bond acceptors (Lipinski definition) is 14. The molecule has 0 aliphatic heterocycles. The number of Topliss-reactive ketones (excluding diaryl/α,β-unsaturated/α-hetero) is 2. The summed E-state index contributed by atoms with van der Waals surface area (Å²) in [6, 6.07) is 0. The highest BCUT2D eigenvalue weighted by Gasteiger charge is 2.19. The number of esters is 4. The lowest BCUT2D eigenvalue weighted by atomic mass is 10.1. The maximum atomic E-state index is 12.3. The summed E-state index contributed by atoms with van der Waals surface area (Å²) >= 11 is 0. The van der Waals surface area contributed by atoms with Crippen LogP contribution in [-0.4, -0.2) is 81.0 Å². The van der Waals surface area contributed by atoms with Crippen LogP contribution in [0.2, 0.25) is 0 Å². The van der Waals surface area contributed by atoms with Gasteiger partial charge in [0.25, 0.3) is 11.1 Å². The molecule has 2 N–H and O–H groups in total. The lowest BCUT2D eigenvalue weighted by Crippen LogP contribution is -2.34. The van der Waals surface area contributed by atoms with Crippen LogP contribution in [0.15, 0.2) is 31.6 Å². The number of nitrogens with one attached hydrogen (secondary N) is 2. The third kappa shape index (κ3) is 15.6. The van der Waals surface area contributed by atoms with Crippen LogP contribution in [0.3, 0.4) is 0 Å². The maximum absolute atomic E-state index is 12.3. The standard InChI is InChI=1S/C34H46N4O14/c1-3-49-29(43)19-25(39)23-21-37(33(47)35-31(23)45)15-11-17-51-27(41)13-9-7-5-6-8-10-14-28(42)52-18-12-16-38-22-24(32(46)36-34(38)48)26(40)20-30(44)50-4-2/h21-22H,3-20H2,1-2H3,(H,35,45,47)(H,36,46,48). The molecule has 0 spiro atoms. The monoisotopic (exact) mass is 734 g/mol. The fourth-order valence-corrected chi connectivity index (χ4v) is 4.86. The van der Waals surface area contributed by atoms with Crippen molar-refractivity contribution in [1.29, 1.82) is 0 Å². The lowest BCUT2D eigenvalue weighted by Gasteiger charge is -2.09. The molecule has 0 amide bonds. The summed E-state index contributed by atoms with van der Waals surface area (Å²) in [4.78, 5) is 124. The molecular weight excluding hydrogens is 688 g/mol. The Kier molecular flexibility index (Phi) is 19.0. The Bertz CT molecular complexity index is 1660. The number of carbonyl (C=O) groups excluding carboxylic acids is 6. The molecule has 0 bridgehead atoms. The van der Waals surface area contributed by atoms with Crippen LogP contribution < -0.4 is 22.5 Å². The molecule has 2 rings (SSSR count). The van der Waals surface area contributed by atoms with Crippen LogP contribution in [0.1, 0.15) is 112 Å². The summed E-state index contributed by atoms with van der Waals surface area (Å²) in [7, 11) is 0. The molecule has 2 heterocycles. The van der Waals surface area contributed by atoms with Crippen molar-refractivity contribution >= 4 is 35.4 Å². The minimum absolute atomic E-state index is 0.0265. The van der Waals surface area contributed by atoms with Gasteiger partial charge < -0.3 is 18.9 Å². The van der Waals surface area contributed by atoms with Crippen LogP contribution in [0.25, 0.3) is 0 Å². The van der Waals surface area contributed by atoms with Gasteiger partial charge in [-0.25, -0.2) is 9.59 Å². The summed E-state index contributed by atoms with van der Waals surface area (Å²) < 4.78 is 22.0. The maximum Gasteiger partial charge on any atom is 0.328 e. The molecule has 0 radical (unpaired) electrons. The number of H-pyrrole nitrogens is 2. The first kappa shape index (κ1) is 42.7. The second-order valence-electron chi connectivity index (χ2n) is 11.6. The molecule has 0 saturated carbocycles. The van der Waals surface area contributed by atoms with Gasteiger partial charge in [0.1, 0.15) is 12.8 Å². The molecule has 0 aliphatic carbocycles. The second kappa shape index (κ2) is 23.1. The molecule has 286 valence electrons. The van der Waals surface area contributed by atoms with E-state index in [1.165, 1.54) is 0 Å². The zero-order valence-electron chi connectivity index (χ0n) is 29.5. The molecule has 52 heavy (non-hydrogen) atoms. The van der Waals surface area contributed by atoms with Gasteiger partial charge in [-0.1, -0.05) is 25.7 Å². The Labute approximate surface area is 297 Å². The molecule has 2 aromatic heterocycles. The van der Waals surface area contributed by atoms with Gasteiger partial charge in [-0.15, -0.1) is 0 Å². The Morgan fingerprint density at radius 2 is 0.885 bits per heavy atom. The van der Waals surface area contributed by atoms with Crippen LogP contribution in [0.5, 0.6) is 0 Å². The van der Waals surface area contributed by atoms with E-state index in [1.807, 2.05) is 9.97 Å². The lowest BCUT2D eigenvalue weighted by molar-refractivity contribution is -0.144. The third-order valence-electron chi connectivity index (χ3n) is 7.47. The van der Waals surface area contributed by atoms with Crippen molar-refractivity contribution in [3.8, 4) is 0 Å². The number of carbonyl (C=O) groups is 6. The molecule has 18 heteroatoms. The first-order chi connectivity index (χ1) is 24.9. The number of rotatable bonds is 25. The number of aryl methyl sites for hydroxylation is 2. The Balaban J connectivity index is 1.55. The molecule has 18 nitrogen and oxygen atoms in total. The van der Waals surface area contributed by atoms with E-state index in [9.17, 15) is 47.9 Å². The molecule has 2 aromatic rings. The normalized spacial score (nSPS) is 10.7. The second-order valence-corrected chi connectivity index (χ2v) is 11.6. The SMILES string of the molecule is CCOC(=O)CC(=O)c1cn(CCCOC(=O)CCCCCCCCC(=O)OCCCn2cc(C(=O)CC(=O)OCC)c(=O)[nH]c2=O)c(=O)[nH]c1=O. The van der Waals surface area contributed by atoms with E-state index in [4.69, 9.17) is 18.9 Å². The first-order valence-electron chi connectivity index (χ1n) is 17.2. The molecule has 0 saturated heterocycles. The summed E-state index contributed by atoms with van der Waals surface area (Å²) in [6.07, 6.45) is 6.35. The van der Waals surface area contributed by atoms with Crippen LogP contribution >= 0.6 is 0 Å². The van der Waals surface area contributed by atoms with Crippen molar-refractivity contribution in [2.75, 3.05) is 26.4 Å². The minimum Gasteiger partial charge on any atom is -0.466 e. The fraction of sp³-hybridized carbons (Fsp3) is 0.588. The topological polar surface area (TPSA) is 249 Å². The smallest absolute Gasteiger partial charge is 0.328 e. The zero-order chi connectivity index (χ0) is 38.5. The minimum atomic E-state index is -0.902. The number of hydrogen-bond donors (Lipinski definition) is 2. The summed E-state index contributed by atoms with van der Waals surface area (Å²) in [6.45, 7) is 3.52. The van der Waals surface area contributed by atoms with Gasteiger partial charge in [0.05, 0.1) is 37.6 Å². The highest BCUT2D eigenvalue weighted by Crippen LogP contribution is 2.10. The quantitative estimate of drug-likeness (QED) is 0.0481. The predicted octanol–water partition coefficient (Wildman–Crippen LogP) is 1.35. The molecule has 0 aliphatic rings. The average molecular weight is 735 g/mol. The number of ether oxygens (including phenoxy) is 4. The van der Waals surface area contributed by atoms with Gasteiger partial charge in [-0.3, -0.25) is 57.5 Å². The van der Waals surface area contributed by atoms with E-state index in [0.29, 0.717) is 12.8 Å². The van der Waals surface area contributed by atoms with Crippen molar-refractivity contribution in [2.45, 2.75) is 104 Å². The summed E-state index contributed by atoms with van der Waals surface area (Å²) in [5, 5.41) is 0. The van der Waals surface area contributed by atoms with E-state index in [0.717, 1.165) is 47.2 Å². The molecule has 0 unspecified atom stereocenters. The summed E-state index contributed by atoms with van der Waals surface area (Å²) in [5.74, 6) is -3.91. The van der Waals surface area contributed by atoms with Crippen LogP contribution in [0, 0.1) is 0 Å². The van der Waals surface area contributed by atoms with Crippen molar-refractivity contribution < 1.29 is 47.7 Å². The Morgan fingerprint density at radius 1 is 0.519 bits per heavy atom. The predicted molar refractivity (Wildman–Crippen MR) is 182 cm³/mol. The number of aromatic nitrogens is 4. The first-order valence-corrected chi connectivity index (χ1v) is 17.2. The van der Waals surface area contributed by atoms with Crippen LogP contribution in [0.4, 0.5) is 0 Å². The van der Waals surface area contributed by atoms with Gasteiger partial charge in [0, 0.05) is 38.3 Å². The van der Waals surface area contributed by atoms with E-state index >= 15 is 0 Å². The Morgan fingerprint density at radius 3 is 1.25 bits per heavy atom. The number of nitrogens with zero attached hydrogens (tertiary/aromatic N) is 2. The number of unbranched alkanes of at least 4 members (excludes halogenated alkanes) is 5. The van der Waals surface area contributed by atoms with Crippen molar-refractivity contribution in [1.82, 2.24) is 19.1 Å². The van der Waals surface area contributed by atoms with Crippen LogP contribution in [-0.2, 0) is 51.2 Å². The van der Waals surface area contributed by atoms with Crippen molar-refractivity contribution in [3.63, 3.8) is 0 Å². The largest absolute Gasteiger partial charge is 0.466 e. The number of aromatic amines is 2. The van der Waals surface area contributed by atoms with Crippen molar-refractivity contribution in [3.05, 3.63) is 65.2 Å². The molecule has 0 aromatic carbocycles. The van der Waals surface area contributed by atoms with E-state index in [1.54, 1.807) is 13.8 Å². The Hall–Kier alpha value is -5.42. The third-order valence-corrected chi connectivity index (χ3v) is 7.47. The number of ketones is 2. The van der Waals surface area contributed by atoms with Gasteiger partial charge in [0.15, 0.2) is 11.6 Å². The highest BCUT2D eigenvalue weighted by atomic mass is 16.5. The molecule has 0 atom stereocenters. The van der Waals surface area contributed by atoms with E-state index in [2.05, 4.69) is 0 Å². The summed E-state index contributed by atoms with van der Waals surface area (Å²) in [5.41, 5.74) is -3.97. The molecular formula is C34H46N4O14. The van der Waals surface area contributed by atoms with Gasteiger partial charge >= 0.3 is 35.3 Å². The highest BCUT2D eigenvalue weighted by molar-refractivity contribution is 6.06. The van der Waals surface area contributed by atoms with Gasteiger partial charge in [0.2, 0.25) is 0 Å². The van der Waals surface area contributed by atoms with E-state index < -0.39 is 70.8 Å². The average Bonchev–Trinajstić information content (AvgIpc) is 3.07. The van der Waals surface area contributed by atoms with Crippen molar-refractivity contribution in [2.24, 2.45) is 0 Å². The van der Waals surface area contributed by atoms with E-state index in [-0.39, 0.29) is 76.3 Å². The fourth-order valence-electron chi connectivity index (χ4n) is 4.86. The van der Waals surface area contributed by atoms with Gasteiger partial charge in [-0.05, 0) is 39.5 Å². The van der Waals surface area contributed by atoms with Gasteiger partial charge in [-0.2, -0.15) is 0 Å². The molecule has 0 fully saturated rings.